The van der Waals surface area contributed by atoms with E-state index in [2.05, 4.69) is 19.9 Å². The van der Waals surface area contributed by atoms with Gasteiger partial charge in [0, 0.05) is 49.3 Å². The van der Waals surface area contributed by atoms with Crippen LogP contribution in [-0.4, -0.2) is 63.4 Å². The Kier molecular flexibility index (Phi) is 3.57. The Morgan fingerprint density at radius 3 is 2.86 bits per heavy atom. The Bertz CT molecular complexity index is 692. The molecule has 0 saturated carbocycles. The van der Waals surface area contributed by atoms with Crippen LogP contribution in [0.15, 0.2) is 24.8 Å². The maximum atomic E-state index is 12.5. The quantitative estimate of drug-likeness (QED) is 0.825. The summed E-state index contributed by atoms with van der Waals surface area (Å²) in [5, 5.41) is 0.998. The molecule has 2 fully saturated rings. The molecule has 2 aliphatic heterocycles. The minimum Gasteiger partial charge on any atom is -0.354 e. The molecule has 0 aromatic carbocycles. The van der Waals surface area contributed by atoms with E-state index < -0.39 is 0 Å². The van der Waals surface area contributed by atoms with Crippen LogP contribution in [-0.2, 0) is 4.79 Å². The number of aromatic nitrogens is 3. The predicted molar refractivity (Wildman–Crippen MR) is 86.9 cm³/mol. The first-order chi connectivity index (χ1) is 10.8. The van der Waals surface area contributed by atoms with Crippen LogP contribution in [0.4, 0.5) is 5.82 Å². The molecule has 2 aromatic heterocycles. The number of carbonyl (C=O) groups is 1. The fraction of sp³-hybridized carbons (Fsp3) is 0.467. The van der Waals surface area contributed by atoms with Gasteiger partial charge in [0.25, 0.3) is 0 Å². The van der Waals surface area contributed by atoms with Crippen molar-refractivity contribution in [3.63, 3.8) is 0 Å². The Hall–Kier alpha value is -1.89. The van der Waals surface area contributed by atoms with Gasteiger partial charge in [-0.2, -0.15) is 11.8 Å². The monoisotopic (exact) mass is 315 g/mol. The summed E-state index contributed by atoms with van der Waals surface area (Å²) in [6.45, 7) is 3.28. The van der Waals surface area contributed by atoms with Crippen LogP contribution in [0.3, 0.4) is 0 Å². The van der Waals surface area contributed by atoms with Crippen molar-refractivity contribution in [1.82, 2.24) is 19.9 Å². The second-order valence-corrected chi connectivity index (χ2v) is 6.85. The molecule has 0 bridgehead atoms. The third-order valence-corrected chi connectivity index (χ3v) is 5.21. The molecule has 6 nitrogen and oxygen atoms in total. The van der Waals surface area contributed by atoms with Crippen LogP contribution < -0.4 is 4.90 Å². The molecule has 4 rings (SSSR count). The fourth-order valence-corrected chi connectivity index (χ4v) is 3.90. The molecule has 22 heavy (non-hydrogen) atoms. The summed E-state index contributed by atoms with van der Waals surface area (Å²) < 4.78 is 0. The molecule has 4 heterocycles. The van der Waals surface area contributed by atoms with E-state index in [1.807, 2.05) is 22.7 Å². The van der Waals surface area contributed by atoms with E-state index in [1.54, 1.807) is 18.7 Å². The predicted octanol–water partition coefficient (Wildman–Crippen LogP) is 1.04. The van der Waals surface area contributed by atoms with Crippen molar-refractivity contribution in [2.75, 3.05) is 42.6 Å². The van der Waals surface area contributed by atoms with E-state index in [-0.39, 0.29) is 5.92 Å². The van der Waals surface area contributed by atoms with Crippen molar-refractivity contribution in [3.8, 4) is 0 Å². The van der Waals surface area contributed by atoms with Crippen LogP contribution in [0.2, 0.25) is 0 Å². The number of pyridine rings is 1. The molecule has 0 atom stereocenters. The summed E-state index contributed by atoms with van der Waals surface area (Å²) in [5.41, 5.74) is 0.843. The van der Waals surface area contributed by atoms with Gasteiger partial charge in [0.15, 0.2) is 0 Å². The standard InChI is InChI=1S/C15H17N5OS/c21-15(19-3-5-22-6-4-19)11-8-20(9-11)14-12-1-2-16-7-13(12)17-10-18-14/h1-2,7,10-11H,3-6,8-9H2. The van der Waals surface area contributed by atoms with Gasteiger partial charge in [-0.05, 0) is 6.07 Å². The van der Waals surface area contributed by atoms with Gasteiger partial charge in [0.05, 0.1) is 17.6 Å². The highest BCUT2D eigenvalue weighted by atomic mass is 32.2. The zero-order valence-corrected chi connectivity index (χ0v) is 13.0. The highest BCUT2D eigenvalue weighted by Gasteiger charge is 2.37. The van der Waals surface area contributed by atoms with Crippen LogP contribution in [0.5, 0.6) is 0 Å². The summed E-state index contributed by atoms with van der Waals surface area (Å²) in [5.74, 6) is 3.44. The SMILES string of the molecule is O=C(C1CN(c2ncnc3cnccc23)C1)N1CCSCC1. The van der Waals surface area contributed by atoms with Crippen LogP contribution in [0.25, 0.3) is 10.9 Å². The molecule has 0 radical (unpaired) electrons. The van der Waals surface area contributed by atoms with E-state index >= 15 is 0 Å². The van der Waals surface area contributed by atoms with Gasteiger partial charge in [-0.25, -0.2) is 9.97 Å². The van der Waals surface area contributed by atoms with Crippen molar-refractivity contribution in [2.45, 2.75) is 0 Å². The Morgan fingerprint density at radius 1 is 1.23 bits per heavy atom. The maximum absolute atomic E-state index is 12.5. The molecule has 0 aliphatic carbocycles. The highest BCUT2D eigenvalue weighted by molar-refractivity contribution is 7.99. The lowest BCUT2D eigenvalue weighted by molar-refractivity contribution is -0.135. The van der Waals surface area contributed by atoms with Crippen LogP contribution in [0, 0.1) is 5.92 Å². The summed E-state index contributed by atoms with van der Waals surface area (Å²) in [7, 11) is 0. The number of amides is 1. The summed E-state index contributed by atoms with van der Waals surface area (Å²) >= 11 is 1.93. The van der Waals surface area contributed by atoms with E-state index in [0.29, 0.717) is 5.91 Å². The normalized spacial score (nSPS) is 19.3. The minimum atomic E-state index is 0.106. The lowest BCUT2D eigenvalue weighted by atomic mass is 9.98. The number of anilines is 1. The van der Waals surface area contributed by atoms with Crippen LogP contribution >= 0.6 is 11.8 Å². The maximum Gasteiger partial charge on any atom is 0.229 e. The Labute approximate surface area is 132 Å². The molecule has 0 N–H and O–H groups in total. The third kappa shape index (κ3) is 2.39. The molecule has 114 valence electrons. The highest BCUT2D eigenvalue weighted by Crippen LogP contribution is 2.29. The second-order valence-electron chi connectivity index (χ2n) is 5.63. The van der Waals surface area contributed by atoms with Gasteiger partial charge < -0.3 is 9.80 Å². The summed E-state index contributed by atoms with van der Waals surface area (Å²) in [6.07, 6.45) is 5.06. The van der Waals surface area contributed by atoms with Crippen molar-refractivity contribution >= 4 is 34.4 Å². The first-order valence-electron chi connectivity index (χ1n) is 7.49. The molecular formula is C15H17N5OS. The average Bonchev–Trinajstić information content (AvgIpc) is 2.54. The summed E-state index contributed by atoms with van der Waals surface area (Å²) in [4.78, 5) is 29.4. The average molecular weight is 315 g/mol. The van der Waals surface area contributed by atoms with Gasteiger partial charge >= 0.3 is 0 Å². The van der Waals surface area contributed by atoms with E-state index in [9.17, 15) is 4.79 Å². The number of thioether (sulfide) groups is 1. The second kappa shape index (κ2) is 5.72. The van der Waals surface area contributed by atoms with Crippen molar-refractivity contribution in [1.29, 1.82) is 0 Å². The largest absolute Gasteiger partial charge is 0.354 e. The van der Waals surface area contributed by atoms with Gasteiger partial charge in [-0.15, -0.1) is 0 Å². The first kappa shape index (κ1) is 13.8. The topological polar surface area (TPSA) is 62.2 Å². The van der Waals surface area contributed by atoms with E-state index in [0.717, 1.165) is 54.4 Å². The number of nitrogens with zero attached hydrogens (tertiary/aromatic N) is 5. The van der Waals surface area contributed by atoms with E-state index in [1.165, 1.54) is 0 Å². The Morgan fingerprint density at radius 2 is 2.05 bits per heavy atom. The lowest BCUT2D eigenvalue weighted by Gasteiger charge is -2.42. The molecule has 0 spiro atoms. The zero-order valence-electron chi connectivity index (χ0n) is 12.2. The zero-order chi connectivity index (χ0) is 14.9. The number of hydrogen-bond donors (Lipinski definition) is 0. The number of rotatable bonds is 2. The number of hydrogen-bond acceptors (Lipinski definition) is 6. The molecule has 7 heteroatoms. The Balaban J connectivity index is 1.47. The molecule has 2 saturated heterocycles. The molecule has 1 amide bonds. The van der Waals surface area contributed by atoms with Crippen LogP contribution in [0.1, 0.15) is 0 Å². The third-order valence-electron chi connectivity index (χ3n) is 4.27. The smallest absolute Gasteiger partial charge is 0.229 e. The van der Waals surface area contributed by atoms with Gasteiger partial charge in [0.2, 0.25) is 5.91 Å². The lowest BCUT2D eigenvalue weighted by Crippen LogP contribution is -2.56. The van der Waals surface area contributed by atoms with Crippen molar-refractivity contribution < 1.29 is 4.79 Å². The van der Waals surface area contributed by atoms with E-state index in [4.69, 9.17) is 0 Å². The number of carbonyl (C=O) groups excluding carboxylic acids is 1. The van der Waals surface area contributed by atoms with Crippen molar-refractivity contribution in [2.24, 2.45) is 5.92 Å². The molecule has 0 unspecified atom stereocenters. The minimum absolute atomic E-state index is 0.106. The molecule has 2 aliphatic rings. The fourth-order valence-electron chi connectivity index (χ4n) is 3.00. The van der Waals surface area contributed by atoms with Crippen molar-refractivity contribution in [3.05, 3.63) is 24.8 Å². The molecule has 2 aromatic rings. The first-order valence-corrected chi connectivity index (χ1v) is 8.64. The van der Waals surface area contributed by atoms with Gasteiger partial charge in [-0.3, -0.25) is 9.78 Å². The molecular weight excluding hydrogens is 298 g/mol. The summed E-state index contributed by atoms with van der Waals surface area (Å²) in [6, 6.07) is 1.93. The number of fused-ring (bicyclic) bond motifs is 1. The van der Waals surface area contributed by atoms with Gasteiger partial charge in [-0.1, -0.05) is 0 Å². The van der Waals surface area contributed by atoms with Gasteiger partial charge in [0.1, 0.15) is 12.1 Å².